The van der Waals surface area contributed by atoms with Gasteiger partial charge in [-0.1, -0.05) is 0 Å². The Bertz CT molecular complexity index is 2090. The molecule has 2 heterocycles. The number of aliphatic hydroxyl groups is 4. The molecule has 26 heteroatoms. The van der Waals surface area contributed by atoms with E-state index in [1.165, 1.54) is 14.0 Å². The van der Waals surface area contributed by atoms with E-state index >= 15 is 0 Å². The summed E-state index contributed by atoms with van der Waals surface area (Å²) in [5, 5.41) is 64.0. The summed E-state index contributed by atoms with van der Waals surface area (Å²) < 4.78 is 52.8. The quantitative estimate of drug-likeness (QED) is 0.0993. The first-order valence-corrected chi connectivity index (χ1v) is 26.6. The van der Waals surface area contributed by atoms with Gasteiger partial charge in [-0.05, 0) is 155 Å². The maximum Gasteiger partial charge on any atom is 0.410 e. The highest BCUT2D eigenvalue weighted by Gasteiger charge is 2.55. The molecule has 78 heavy (non-hydrogen) atoms. The van der Waals surface area contributed by atoms with Crippen molar-refractivity contribution in [1.29, 1.82) is 0 Å². The number of amides is 6. The number of alkyl carbamates (subject to hydrolysis) is 4. The molecule has 448 valence electrons. The molecule has 0 radical (unpaired) electrons. The van der Waals surface area contributed by atoms with E-state index in [4.69, 9.17) is 42.6 Å². The summed E-state index contributed by atoms with van der Waals surface area (Å²) in [7, 11) is 1.31. The van der Waals surface area contributed by atoms with Crippen LogP contribution in [0.1, 0.15) is 136 Å². The first-order chi connectivity index (χ1) is 35.6. The van der Waals surface area contributed by atoms with E-state index in [0.717, 1.165) is 4.90 Å². The average Bonchev–Trinajstić information content (AvgIpc) is 3.22. The van der Waals surface area contributed by atoms with Gasteiger partial charge in [-0.2, -0.15) is 0 Å². The Morgan fingerprint density at radius 1 is 0.667 bits per heavy atom. The number of carbonyl (C=O) groups excluding carboxylic acids is 6. The Labute approximate surface area is 458 Å². The number of likely N-dealkylation sites (N-methyl/N-ethyl adjacent to an activating group) is 1. The molecular formula is C52H91N7O19. The summed E-state index contributed by atoms with van der Waals surface area (Å²) in [6.07, 6.45) is -13.2. The van der Waals surface area contributed by atoms with Crippen LogP contribution in [-0.4, -0.2) is 202 Å². The number of rotatable bonds is 16. The van der Waals surface area contributed by atoms with Gasteiger partial charge in [0.2, 0.25) is 6.29 Å². The molecule has 0 unspecified atom stereocenters. The molecule has 4 aliphatic rings. The molecule has 2 aliphatic heterocycles. The number of aliphatic hydroxyl groups excluding tert-OH is 3. The Kier molecular flexibility index (Phi) is 21.9. The molecule has 3 fully saturated rings. The molecule has 26 nitrogen and oxygen atoms in total. The summed E-state index contributed by atoms with van der Waals surface area (Å²) in [6.45, 7) is 26.0. The van der Waals surface area contributed by atoms with E-state index in [2.05, 4.69) is 31.9 Å². The highest BCUT2D eigenvalue weighted by molar-refractivity contribution is 5.82. The number of hydrogen-bond acceptors (Lipinski definition) is 20. The molecule has 6 amide bonds. The van der Waals surface area contributed by atoms with Gasteiger partial charge in [0, 0.05) is 13.1 Å². The predicted octanol–water partition coefficient (Wildman–Crippen LogP) is 2.91. The second-order valence-electron chi connectivity index (χ2n) is 25.7. The molecule has 0 aromatic carbocycles. The molecule has 1 saturated heterocycles. The molecule has 12 atom stereocenters. The van der Waals surface area contributed by atoms with E-state index in [1.54, 1.807) is 110 Å². The average molecular weight is 1120 g/mol. The van der Waals surface area contributed by atoms with Crippen molar-refractivity contribution in [1.82, 2.24) is 36.8 Å². The summed E-state index contributed by atoms with van der Waals surface area (Å²) in [6, 6.07) is -5.16. The smallest absolute Gasteiger partial charge is 0.410 e. The first-order valence-electron chi connectivity index (χ1n) is 26.6. The third-order valence-electron chi connectivity index (χ3n) is 12.2. The third kappa shape index (κ3) is 21.3. The molecule has 0 bridgehead atoms. The number of nitrogens with zero attached hydrogens (tertiary/aromatic N) is 1. The normalized spacial score (nSPS) is 30.1. The number of hydrogen-bond donors (Lipinski definition) is 10. The van der Waals surface area contributed by atoms with Crippen LogP contribution >= 0.6 is 0 Å². The van der Waals surface area contributed by atoms with Gasteiger partial charge in [-0.15, -0.1) is 0 Å². The SMILES string of the molecule is CN(C(=O)OC(C)(C)C)[C@@H]1[C@@H](O)[C@@H](O[C@@H]2[C@@H](O)[C@H](O[C@H]3OC(CNCC4CC(NC(=O)OC(C)(C)C)C4)=CC[C@H]3NC(=O)OC(C)(C)C)[C@@H](NC(=O)OC(C)(C)C)C[C@H]2NC(=O)[C@@H](O)CNC(=O)OC(C)(C)C)OC[C@]1(C)O. The van der Waals surface area contributed by atoms with Gasteiger partial charge in [0.05, 0.1) is 43.9 Å². The van der Waals surface area contributed by atoms with Gasteiger partial charge in [0.15, 0.2) is 6.29 Å². The zero-order valence-electron chi connectivity index (χ0n) is 48.6. The predicted molar refractivity (Wildman–Crippen MR) is 279 cm³/mol. The number of ether oxygens (including phenoxy) is 9. The van der Waals surface area contributed by atoms with Crippen LogP contribution in [-0.2, 0) is 47.4 Å². The molecule has 2 saturated carbocycles. The van der Waals surface area contributed by atoms with E-state index in [-0.39, 0.29) is 31.3 Å². The minimum atomic E-state index is -1.93. The van der Waals surface area contributed by atoms with Crippen LogP contribution < -0.4 is 31.9 Å². The van der Waals surface area contributed by atoms with Crippen LogP contribution in [0.5, 0.6) is 0 Å². The third-order valence-corrected chi connectivity index (χ3v) is 12.2. The van der Waals surface area contributed by atoms with Crippen LogP contribution in [0.2, 0.25) is 0 Å². The fraction of sp³-hybridized carbons (Fsp3) is 0.846. The second-order valence-corrected chi connectivity index (χ2v) is 25.7. The lowest BCUT2D eigenvalue weighted by Crippen LogP contribution is -2.71. The Morgan fingerprint density at radius 2 is 1.14 bits per heavy atom. The van der Waals surface area contributed by atoms with Gasteiger partial charge in [0.1, 0.15) is 69.9 Å². The van der Waals surface area contributed by atoms with Gasteiger partial charge in [-0.3, -0.25) is 4.79 Å². The van der Waals surface area contributed by atoms with Crippen molar-refractivity contribution in [2.45, 2.75) is 243 Å². The van der Waals surface area contributed by atoms with Crippen molar-refractivity contribution in [3.8, 4) is 0 Å². The minimum absolute atomic E-state index is 0.0480. The number of nitrogens with one attached hydrogen (secondary N) is 6. The Hall–Kier alpha value is -4.96. The van der Waals surface area contributed by atoms with Gasteiger partial charge in [-0.25, -0.2) is 24.0 Å². The topological polar surface area (TPSA) is 342 Å². The Morgan fingerprint density at radius 3 is 1.67 bits per heavy atom. The standard InChI is InChI=1S/C52H91N7O19/c1-47(2,3)74-42(64)54-25-33(60)39(63)56-31-22-32(58-45(67)77-50(10,11)12)37(34(61)36(31)73-41-35(62)38(52(16,69)26-70-41)59(17)46(68)78-51(13,14)15)72-40-30(57-44(66)76-49(7,8)9)19-18-29(71-40)24-53-23-27-20-28(21-27)55-43(65)75-48(4,5)6/h18,27-28,30-38,40-41,53,60-62,69H,19-26H2,1-17H3,(H,54,64)(H,55,65)(H,56,63)(H,57,66)(H,58,67)/t27?,28?,30-,31-,32+,33+,34-,35-,36+,37-,38-,40-,41-,52+/m1/s1. The van der Waals surface area contributed by atoms with Crippen molar-refractivity contribution in [3.63, 3.8) is 0 Å². The fourth-order valence-corrected chi connectivity index (χ4v) is 9.00. The van der Waals surface area contributed by atoms with E-state index in [0.29, 0.717) is 25.1 Å². The summed E-state index contributed by atoms with van der Waals surface area (Å²) >= 11 is 0. The summed E-state index contributed by atoms with van der Waals surface area (Å²) in [5.41, 5.74) is -6.32. The molecule has 10 N–H and O–H groups in total. The van der Waals surface area contributed by atoms with Crippen LogP contribution in [0.15, 0.2) is 11.8 Å². The molecular weight excluding hydrogens is 1030 g/mol. The molecule has 0 aromatic heterocycles. The van der Waals surface area contributed by atoms with Crippen LogP contribution in [0.25, 0.3) is 0 Å². The van der Waals surface area contributed by atoms with Crippen molar-refractivity contribution in [3.05, 3.63) is 11.8 Å². The first kappa shape index (κ1) is 65.6. The van der Waals surface area contributed by atoms with E-state index in [1.807, 2.05) is 0 Å². The second kappa shape index (κ2) is 26.1. The summed E-state index contributed by atoms with van der Waals surface area (Å²) in [4.78, 5) is 80.1. The van der Waals surface area contributed by atoms with Crippen molar-refractivity contribution < 1.29 is 91.8 Å². The van der Waals surface area contributed by atoms with Gasteiger partial charge in [0.25, 0.3) is 5.91 Å². The van der Waals surface area contributed by atoms with Crippen molar-refractivity contribution >= 4 is 36.4 Å². The fourth-order valence-electron chi connectivity index (χ4n) is 9.00. The molecule has 0 spiro atoms. The summed E-state index contributed by atoms with van der Waals surface area (Å²) in [5.74, 6) is -0.456. The lowest BCUT2D eigenvalue weighted by molar-refractivity contribution is -0.311. The number of carbonyl (C=O) groups is 6. The largest absolute Gasteiger partial charge is 0.466 e. The van der Waals surface area contributed by atoms with Crippen LogP contribution in [0, 0.1) is 5.92 Å². The van der Waals surface area contributed by atoms with Crippen LogP contribution in [0.3, 0.4) is 0 Å². The Balaban J connectivity index is 1.70. The molecule has 0 aromatic rings. The van der Waals surface area contributed by atoms with E-state index < -0.39 is 150 Å². The zero-order chi connectivity index (χ0) is 59.1. The van der Waals surface area contributed by atoms with Gasteiger partial charge < -0.3 is 99.9 Å². The van der Waals surface area contributed by atoms with Crippen molar-refractivity contribution in [2.75, 3.05) is 33.3 Å². The minimum Gasteiger partial charge on any atom is -0.466 e. The van der Waals surface area contributed by atoms with Crippen molar-refractivity contribution in [2.24, 2.45) is 5.92 Å². The zero-order valence-corrected chi connectivity index (χ0v) is 48.6. The van der Waals surface area contributed by atoms with Gasteiger partial charge >= 0.3 is 30.5 Å². The van der Waals surface area contributed by atoms with E-state index in [9.17, 15) is 49.2 Å². The van der Waals surface area contributed by atoms with Crippen LogP contribution in [0.4, 0.5) is 24.0 Å². The molecule has 2 aliphatic carbocycles. The maximum atomic E-state index is 13.9. The lowest BCUT2D eigenvalue weighted by atomic mass is 9.80. The molecule has 4 rings (SSSR count). The lowest BCUT2D eigenvalue weighted by Gasteiger charge is -2.50. The monoisotopic (exact) mass is 1120 g/mol. The highest BCUT2D eigenvalue weighted by atomic mass is 16.7. The maximum absolute atomic E-state index is 13.9. The highest BCUT2D eigenvalue weighted by Crippen LogP contribution is 2.35.